The number of benzene rings is 2. The monoisotopic (exact) mass is 457 g/mol. The Balaban J connectivity index is 2.33. The number of nitrogens with two attached hydrogens (primary N) is 1. The maximum Gasteiger partial charge on any atom is 0.312 e. The molecule has 0 heterocycles. The Morgan fingerprint density at radius 1 is 1.03 bits per heavy atom. The Labute approximate surface area is 179 Å². The van der Waals surface area contributed by atoms with Gasteiger partial charge in [0.15, 0.2) is 0 Å². The molecule has 29 heavy (non-hydrogen) atoms. The number of halogens is 2. The first-order valence-electron chi connectivity index (χ1n) is 8.77. The lowest BCUT2D eigenvalue weighted by molar-refractivity contribution is -0.127. The van der Waals surface area contributed by atoms with E-state index < -0.39 is 28.0 Å². The molecule has 1 atom stereocenters. The summed E-state index contributed by atoms with van der Waals surface area (Å²) in [4.78, 5) is 24.3. The van der Waals surface area contributed by atoms with Gasteiger partial charge in [-0.15, -0.1) is 0 Å². The number of hydrogen-bond acceptors (Lipinski definition) is 4. The van der Waals surface area contributed by atoms with E-state index in [4.69, 9.17) is 28.9 Å². The normalized spacial score (nSPS) is 12.2. The number of nitrogens with one attached hydrogen (secondary N) is 1. The summed E-state index contributed by atoms with van der Waals surface area (Å²) in [6.45, 7) is 1.75. The van der Waals surface area contributed by atoms with E-state index in [0.717, 1.165) is 4.31 Å². The van der Waals surface area contributed by atoms with Gasteiger partial charge in [0.25, 0.3) is 10.0 Å². The van der Waals surface area contributed by atoms with Crippen LogP contribution in [0.15, 0.2) is 53.4 Å². The molecule has 1 unspecified atom stereocenters. The molecule has 0 aromatic heterocycles. The molecule has 156 valence electrons. The second kappa shape index (κ2) is 9.96. The van der Waals surface area contributed by atoms with E-state index in [1.54, 1.807) is 31.2 Å². The highest BCUT2D eigenvalue weighted by Gasteiger charge is 2.30. The Hall–Kier alpha value is -2.29. The lowest BCUT2D eigenvalue weighted by Crippen LogP contribution is -2.41. The molecule has 0 saturated carbocycles. The average molecular weight is 458 g/mol. The molecule has 2 rings (SSSR count). The zero-order valence-electron chi connectivity index (χ0n) is 15.6. The van der Waals surface area contributed by atoms with E-state index in [-0.39, 0.29) is 17.9 Å². The number of nitrogens with zero attached hydrogens (tertiary/aromatic N) is 1. The van der Waals surface area contributed by atoms with E-state index in [1.165, 1.54) is 24.3 Å². The van der Waals surface area contributed by atoms with Crippen molar-refractivity contribution in [1.29, 1.82) is 0 Å². The molecule has 0 aliphatic rings. The molecule has 10 heteroatoms. The molecule has 0 fully saturated rings. The van der Waals surface area contributed by atoms with Gasteiger partial charge in [0, 0.05) is 16.6 Å². The smallest absolute Gasteiger partial charge is 0.312 e. The maximum absolute atomic E-state index is 13.0. The van der Waals surface area contributed by atoms with Crippen molar-refractivity contribution in [2.75, 3.05) is 6.54 Å². The summed E-state index contributed by atoms with van der Waals surface area (Å²) in [5, 5.41) is 3.34. The second-order valence-electron chi connectivity index (χ2n) is 6.24. The minimum absolute atomic E-state index is 0.00625. The fraction of sp³-hybridized carbons (Fsp3) is 0.263. The van der Waals surface area contributed by atoms with Crippen molar-refractivity contribution in [2.45, 2.75) is 30.7 Å². The lowest BCUT2D eigenvalue weighted by Gasteiger charge is -2.25. The summed E-state index contributed by atoms with van der Waals surface area (Å²) < 4.78 is 26.8. The highest BCUT2D eigenvalue weighted by Crippen LogP contribution is 2.24. The van der Waals surface area contributed by atoms with Crippen molar-refractivity contribution in [2.24, 2.45) is 5.73 Å². The van der Waals surface area contributed by atoms with Gasteiger partial charge in [0.2, 0.25) is 5.91 Å². The number of primary amides is 1. The largest absolute Gasteiger partial charge is 0.352 e. The van der Waals surface area contributed by atoms with Gasteiger partial charge in [-0.3, -0.25) is 4.79 Å². The summed E-state index contributed by atoms with van der Waals surface area (Å²) in [5.41, 5.74) is 5.80. The first kappa shape index (κ1) is 23.0. The van der Waals surface area contributed by atoms with Crippen LogP contribution in [0.3, 0.4) is 0 Å². The Kier molecular flexibility index (Phi) is 7.89. The van der Waals surface area contributed by atoms with Crippen LogP contribution >= 0.6 is 23.2 Å². The zero-order chi connectivity index (χ0) is 21.6. The molecule has 0 aliphatic carbocycles. The second-order valence-corrected chi connectivity index (χ2v) is 8.98. The highest BCUT2D eigenvalue weighted by atomic mass is 35.5. The number of sulfonamides is 1. The van der Waals surface area contributed by atoms with Crippen molar-refractivity contribution in [3.05, 3.63) is 64.1 Å². The summed E-state index contributed by atoms with van der Waals surface area (Å²) in [5.74, 6) is -0.671. The van der Waals surface area contributed by atoms with E-state index in [2.05, 4.69) is 5.32 Å². The topological polar surface area (TPSA) is 110 Å². The van der Waals surface area contributed by atoms with Gasteiger partial charge in [-0.05, 0) is 48.4 Å². The number of urea groups is 1. The zero-order valence-corrected chi connectivity index (χ0v) is 18.0. The first-order valence-corrected chi connectivity index (χ1v) is 11.0. The van der Waals surface area contributed by atoms with Crippen LogP contribution in [0.4, 0.5) is 4.79 Å². The minimum Gasteiger partial charge on any atom is -0.352 e. The number of amides is 3. The number of rotatable bonds is 8. The van der Waals surface area contributed by atoms with Crippen molar-refractivity contribution in [3.8, 4) is 0 Å². The predicted molar refractivity (Wildman–Crippen MR) is 112 cm³/mol. The van der Waals surface area contributed by atoms with Crippen LogP contribution in [0.25, 0.3) is 0 Å². The lowest BCUT2D eigenvalue weighted by atomic mass is 10.0. The number of carbonyl (C=O) groups is 2. The molecule has 0 radical (unpaired) electrons. The van der Waals surface area contributed by atoms with Crippen LogP contribution in [-0.2, 0) is 14.8 Å². The van der Waals surface area contributed by atoms with Gasteiger partial charge in [0.1, 0.15) is 0 Å². The summed E-state index contributed by atoms with van der Waals surface area (Å²) >= 11 is 11.7. The van der Waals surface area contributed by atoms with Crippen molar-refractivity contribution >= 4 is 45.2 Å². The van der Waals surface area contributed by atoms with Crippen molar-refractivity contribution in [3.63, 3.8) is 0 Å². The van der Waals surface area contributed by atoms with Gasteiger partial charge in [-0.25, -0.2) is 17.5 Å². The van der Waals surface area contributed by atoms with Crippen LogP contribution in [0.5, 0.6) is 0 Å². The number of hydrogen-bond donors (Lipinski definition) is 2. The van der Waals surface area contributed by atoms with Crippen LogP contribution < -0.4 is 11.1 Å². The van der Waals surface area contributed by atoms with Gasteiger partial charge >= 0.3 is 6.03 Å². The van der Waals surface area contributed by atoms with E-state index in [9.17, 15) is 18.0 Å². The molecule has 0 aliphatic heterocycles. The van der Waals surface area contributed by atoms with Crippen LogP contribution in [0.2, 0.25) is 10.0 Å². The Bertz CT molecular complexity index is 964. The quantitative estimate of drug-likeness (QED) is 0.628. The fourth-order valence-electron chi connectivity index (χ4n) is 2.71. The van der Waals surface area contributed by atoms with Crippen molar-refractivity contribution in [1.82, 2.24) is 9.62 Å². The van der Waals surface area contributed by atoms with Crippen LogP contribution in [0, 0.1) is 0 Å². The highest BCUT2D eigenvalue weighted by molar-refractivity contribution is 7.89. The molecule has 2 aromatic rings. The van der Waals surface area contributed by atoms with Gasteiger partial charge < -0.3 is 11.1 Å². The molecular formula is C19H21Cl2N3O4S. The molecular weight excluding hydrogens is 437 g/mol. The van der Waals surface area contributed by atoms with Crippen LogP contribution in [0.1, 0.15) is 31.4 Å². The molecule has 3 amide bonds. The molecule has 0 saturated heterocycles. The first-order chi connectivity index (χ1) is 13.6. The maximum atomic E-state index is 13.0. The molecule has 2 aromatic carbocycles. The predicted octanol–water partition coefficient (Wildman–Crippen LogP) is 3.72. The van der Waals surface area contributed by atoms with E-state index in [1.807, 2.05) is 0 Å². The summed E-state index contributed by atoms with van der Waals surface area (Å²) in [7, 11) is -4.08. The third-order valence-corrected chi connectivity index (χ3v) is 6.41. The standard InChI is InChI=1S/C19H21Cl2N3O4S/c1-2-11-24(29(27,28)16-9-7-15(21)8-10-16)18(25)12-17(23-19(22)26)13-3-5-14(20)6-4-13/h3-10,17H,2,11-12H2,1H3,(H3,22,23,26). The summed E-state index contributed by atoms with van der Waals surface area (Å²) in [6.07, 6.45) is 0.130. The third-order valence-electron chi connectivity index (χ3n) is 4.07. The SMILES string of the molecule is CCCN(C(=O)CC(NC(N)=O)c1ccc(Cl)cc1)S(=O)(=O)c1ccc(Cl)cc1. The molecule has 0 bridgehead atoms. The minimum atomic E-state index is -4.08. The Morgan fingerprint density at radius 2 is 1.55 bits per heavy atom. The van der Waals surface area contributed by atoms with Gasteiger partial charge in [0.05, 0.1) is 17.4 Å². The molecule has 0 spiro atoms. The average Bonchev–Trinajstić information content (AvgIpc) is 2.66. The molecule has 7 nitrogen and oxygen atoms in total. The van der Waals surface area contributed by atoms with E-state index >= 15 is 0 Å². The number of carbonyl (C=O) groups excluding carboxylic acids is 2. The van der Waals surface area contributed by atoms with Gasteiger partial charge in [-0.1, -0.05) is 42.3 Å². The van der Waals surface area contributed by atoms with Gasteiger partial charge in [-0.2, -0.15) is 0 Å². The van der Waals surface area contributed by atoms with Crippen molar-refractivity contribution < 1.29 is 18.0 Å². The summed E-state index contributed by atoms with van der Waals surface area (Å²) in [6, 6.07) is 10.4. The van der Waals surface area contributed by atoms with E-state index in [0.29, 0.717) is 22.0 Å². The molecule has 3 N–H and O–H groups in total. The fourth-order valence-corrected chi connectivity index (χ4v) is 4.46. The Morgan fingerprint density at radius 3 is 2.03 bits per heavy atom. The van der Waals surface area contributed by atoms with Crippen LogP contribution in [-0.4, -0.2) is 31.2 Å². The third kappa shape index (κ3) is 6.09.